The number of benzene rings is 1. The number of rotatable bonds is 6. The molecule has 2 fully saturated rings. The van der Waals surface area contributed by atoms with Crippen molar-refractivity contribution in [3.63, 3.8) is 0 Å². The molecule has 8 nitrogen and oxygen atoms in total. The van der Waals surface area contributed by atoms with Crippen LogP contribution in [0.3, 0.4) is 0 Å². The predicted molar refractivity (Wildman–Crippen MR) is 117 cm³/mol. The zero-order valence-corrected chi connectivity index (χ0v) is 19.0. The average Bonchev–Trinajstić information content (AvgIpc) is 3.17. The lowest BCUT2D eigenvalue weighted by Crippen LogP contribution is -2.49. The summed E-state index contributed by atoms with van der Waals surface area (Å²) in [6.07, 6.45) is 4.23. The Balaban J connectivity index is 1.42. The minimum Gasteiger partial charge on any atom is -0.347 e. The highest BCUT2D eigenvalue weighted by molar-refractivity contribution is 7.07. The van der Waals surface area contributed by atoms with Gasteiger partial charge >= 0.3 is 0 Å². The summed E-state index contributed by atoms with van der Waals surface area (Å²) in [7, 11) is 0. The maximum absolute atomic E-state index is 14.9. The number of nitrogens with one attached hydrogen (secondary N) is 2. The van der Waals surface area contributed by atoms with Crippen LogP contribution in [-0.2, 0) is 4.79 Å². The van der Waals surface area contributed by atoms with E-state index in [1.165, 1.54) is 12.3 Å². The molecule has 1 saturated carbocycles. The molecule has 0 unspecified atom stereocenters. The summed E-state index contributed by atoms with van der Waals surface area (Å²) < 4.78 is 18.5. The second-order valence-electron chi connectivity index (χ2n) is 8.74. The van der Waals surface area contributed by atoms with Gasteiger partial charge in [-0.2, -0.15) is 0 Å². The van der Waals surface area contributed by atoms with Gasteiger partial charge in [0.1, 0.15) is 16.2 Å². The first-order valence-electron chi connectivity index (χ1n) is 10.7. The van der Waals surface area contributed by atoms with E-state index in [1.54, 1.807) is 24.0 Å². The van der Waals surface area contributed by atoms with Crippen molar-refractivity contribution in [3.05, 3.63) is 46.2 Å². The summed E-state index contributed by atoms with van der Waals surface area (Å²) in [6, 6.07) is 4.01. The minimum atomic E-state index is -0.996. The molecular weight excluding hydrogens is 433 g/mol. The summed E-state index contributed by atoms with van der Waals surface area (Å²) in [4.78, 5) is 40.1. The van der Waals surface area contributed by atoms with Crippen LogP contribution in [0.5, 0.6) is 0 Å². The zero-order valence-electron chi connectivity index (χ0n) is 18.2. The van der Waals surface area contributed by atoms with E-state index in [9.17, 15) is 18.8 Å². The van der Waals surface area contributed by atoms with Crippen molar-refractivity contribution < 1.29 is 18.8 Å². The van der Waals surface area contributed by atoms with Gasteiger partial charge in [0.25, 0.3) is 11.8 Å². The van der Waals surface area contributed by atoms with Crippen LogP contribution < -0.4 is 10.6 Å². The van der Waals surface area contributed by atoms with Crippen molar-refractivity contribution in [1.82, 2.24) is 25.1 Å². The molecule has 2 heterocycles. The highest BCUT2D eigenvalue weighted by atomic mass is 32.1. The molecule has 2 N–H and O–H groups in total. The van der Waals surface area contributed by atoms with Gasteiger partial charge < -0.3 is 15.5 Å². The van der Waals surface area contributed by atoms with Crippen LogP contribution in [0.2, 0.25) is 0 Å². The second kappa shape index (κ2) is 8.57. The van der Waals surface area contributed by atoms with E-state index in [-0.39, 0.29) is 29.5 Å². The van der Waals surface area contributed by atoms with Crippen LogP contribution in [-0.4, -0.2) is 49.8 Å². The summed E-state index contributed by atoms with van der Waals surface area (Å²) in [5.41, 5.74) is -0.412. The summed E-state index contributed by atoms with van der Waals surface area (Å²) in [5.74, 6) is -1.50. The molecule has 0 bridgehead atoms. The number of carbonyl (C=O) groups excluding carboxylic acids is 3. The molecule has 1 saturated heterocycles. The molecule has 2 aromatic rings. The SMILES string of the molecule is C[C@@H]1CC[C@H](C)N1C(=O)c1ccc([C@@H](C)NC(=O)C2(NC(=O)c3cnns3)CC2)c(F)c1. The quantitative estimate of drug-likeness (QED) is 0.691. The smallest absolute Gasteiger partial charge is 0.265 e. The Morgan fingerprint density at radius 3 is 2.47 bits per heavy atom. The van der Waals surface area contributed by atoms with Crippen LogP contribution in [0.15, 0.2) is 24.4 Å². The van der Waals surface area contributed by atoms with Gasteiger partial charge in [-0.15, -0.1) is 5.10 Å². The summed E-state index contributed by atoms with van der Waals surface area (Å²) >= 11 is 0.951. The molecule has 3 atom stereocenters. The van der Waals surface area contributed by atoms with Gasteiger partial charge in [0.05, 0.1) is 12.2 Å². The van der Waals surface area contributed by atoms with Gasteiger partial charge in [-0.05, 0) is 70.1 Å². The third-order valence-electron chi connectivity index (χ3n) is 6.37. The number of halogens is 1. The molecule has 170 valence electrons. The molecule has 10 heteroatoms. The van der Waals surface area contributed by atoms with Crippen molar-refractivity contribution in [3.8, 4) is 0 Å². The number of carbonyl (C=O) groups is 3. The number of hydrogen-bond donors (Lipinski definition) is 2. The molecule has 0 spiro atoms. The van der Waals surface area contributed by atoms with Gasteiger partial charge in [-0.3, -0.25) is 14.4 Å². The minimum absolute atomic E-state index is 0.129. The van der Waals surface area contributed by atoms with Gasteiger partial charge in [0.2, 0.25) is 5.91 Å². The first kappa shape index (κ1) is 22.3. The Bertz CT molecular complexity index is 1030. The third kappa shape index (κ3) is 4.23. The maximum atomic E-state index is 14.9. The Labute approximate surface area is 189 Å². The average molecular weight is 460 g/mol. The molecule has 1 aromatic heterocycles. The van der Waals surface area contributed by atoms with E-state index in [0.717, 1.165) is 24.4 Å². The maximum Gasteiger partial charge on any atom is 0.265 e. The Morgan fingerprint density at radius 2 is 1.91 bits per heavy atom. The predicted octanol–water partition coefficient (Wildman–Crippen LogP) is 2.83. The Hall–Kier alpha value is -2.88. The van der Waals surface area contributed by atoms with E-state index in [2.05, 4.69) is 20.2 Å². The third-order valence-corrected chi connectivity index (χ3v) is 7.03. The van der Waals surface area contributed by atoms with Crippen molar-refractivity contribution in [2.24, 2.45) is 0 Å². The molecule has 3 amide bonds. The monoisotopic (exact) mass is 459 g/mol. The Kier molecular flexibility index (Phi) is 5.98. The highest BCUT2D eigenvalue weighted by Gasteiger charge is 2.51. The topological polar surface area (TPSA) is 104 Å². The van der Waals surface area contributed by atoms with Gasteiger partial charge in [-0.25, -0.2) is 4.39 Å². The molecule has 4 rings (SSSR count). The molecule has 1 aliphatic carbocycles. The number of likely N-dealkylation sites (tertiary alicyclic amines) is 1. The first-order valence-corrected chi connectivity index (χ1v) is 11.5. The molecular formula is C22H26FN5O3S. The summed E-state index contributed by atoms with van der Waals surface area (Å²) in [6.45, 7) is 5.68. The number of nitrogens with zero attached hydrogens (tertiary/aromatic N) is 3. The van der Waals surface area contributed by atoms with Crippen molar-refractivity contribution >= 4 is 29.3 Å². The van der Waals surface area contributed by atoms with Gasteiger partial charge in [0.15, 0.2) is 0 Å². The normalized spacial score (nSPS) is 22.3. The van der Waals surface area contributed by atoms with Gasteiger partial charge in [0, 0.05) is 23.2 Å². The Morgan fingerprint density at radius 1 is 1.22 bits per heavy atom. The van der Waals surface area contributed by atoms with Crippen molar-refractivity contribution in [2.45, 2.75) is 70.1 Å². The number of hydrogen-bond acceptors (Lipinski definition) is 6. The van der Waals surface area contributed by atoms with Crippen molar-refractivity contribution in [2.75, 3.05) is 0 Å². The van der Waals surface area contributed by atoms with Gasteiger partial charge in [-0.1, -0.05) is 10.6 Å². The van der Waals surface area contributed by atoms with E-state index < -0.39 is 23.3 Å². The van der Waals surface area contributed by atoms with E-state index >= 15 is 0 Å². The van der Waals surface area contributed by atoms with E-state index in [0.29, 0.717) is 23.3 Å². The molecule has 1 aromatic carbocycles. The lowest BCUT2D eigenvalue weighted by molar-refractivity contribution is -0.124. The first-order chi connectivity index (χ1) is 15.2. The molecule has 2 aliphatic rings. The summed E-state index contributed by atoms with van der Waals surface area (Å²) in [5, 5.41) is 9.16. The van der Waals surface area contributed by atoms with Crippen LogP contribution in [0.25, 0.3) is 0 Å². The molecule has 32 heavy (non-hydrogen) atoms. The number of amides is 3. The van der Waals surface area contributed by atoms with E-state index in [4.69, 9.17) is 0 Å². The fraction of sp³-hybridized carbons (Fsp3) is 0.500. The number of aromatic nitrogens is 2. The standard InChI is InChI=1S/C22H26FN5O3S/c1-12-4-5-13(2)28(12)20(30)15-6-7-16(17(23)10-15)14(3)25-21(31)22(8-9-22)26-19(29)18-11-24-27-32-18/h6-7,10-14H,4-5,8-9H2,1-3H3,(H,25,31)(H,26,29)/t12-,13+,14-/m1/s1. The zero-order chi connectivity index (χ0) is 23.0. The van der Waals surface area contributed by atoms with E-state index in [1.807, 2.05) is 13.8 Å². The fourth-order valence-corrected chi connectivity index (χ4v) is 4.66. The van der Waals surface area contributed by atoms with Crippen LogP contribution in [0, 0.1) is 5.82 Å². The lowest BCUT2D eigenvalue weighted by Gasteiger charge is -2.26. The molecule has 0 radical (unpaired) electrons. The second-order valence-corrected chi connectivity index (χ2v) is 9.52. The fourth-order valence-electron chi connectivity index (χ4n) is 4.25. The lowest BCUT2D eigenvalue weighted by atomic mass is 10.0. The van der Waals surface area contributed by atoms with Crippen LogP contribution >= 0.6 is 11.5 Å². The van der Waals surface area contributed by atoms with Crippen LogP contribution in [0.4, 0.5) is 4.39 Å². The largest absolute Gasteiger partial charge is 0.347 e. The molecule has 1 aliphatic heterocycles. The van der Waals surface area contributed by atoms with Crippen molar-refractivity contribution in [1.29, 1.82) is 0 Å². The van der Waals surface area contributed by atoms with Crippen LogP contribution in [0.1, 0.15) is 78.1 Å². The highest BCUT2D eigenvalue weighted by Crippen LogP contribution is 2.37.